The smallest absolute Gasteiger partial charge is 0.333 e. The van der Waals surface area contributed by atoms with Gasteiger partial charge in [-0.15, -0.1) is 6.58 Å². The number of allylic oxidation sites excluding steroid dienone is 1. The average Bonchev–Trinajstić information content (AvgIpc) is 2.62. The molecule has 1 unspecified atom stereocenters. The molecule has 1 aliphatic rings. The van der Waals surface area contributed by atoms with Crippen LogP contribution in [0.5, 0.6) is 0 Å². The van der Waals surface area contributed by atoms with Gasteiger partial charge in [-0.05, 0) is 17.9 Å². The molecule has 28 heavy (non-hydrogen) atoms. The lowest BCUT2D eigenvalue weighted by molar-refractivity contribution is -0.857. The van der Waals surface area contributed by atoms with Crippen molar-refractivity contribution < 1.29 is 31.7 Å². The molecule has 1 aromatic carbocycles. The van der Waals surface area contributed by atoms with E-state index in [2.05, 4.69) is 6.58 Å². The molecule has 0 spiro atoms. The number of benzene rings is 1. The van der Waals surface area contributed by atoms with E-state index in [-0.39, 0.29) is 37.8 Å². The summed E-state index contributed by atoms with van der Waals surface area (Å²) in [4.78, 5) is 43.4. The quantitative estimate of drug-likeness (QED) is 0.414. The van der Waals surface area contributed by atoms with Gasteiger partial charge < -0.3 is 17.3 Å². The largest absolute Gasteiger partial charge is 1.00 e. The second-order valence-electron chi connectivity index (χ2n) is 7.69. The second kappa shape index (κ2) is 9.85. The Hall–Kier alpha value is -2.18. The van der Waals surface area contributed by atoms with Crippen LogP contribution in [0, 0.1) is 11.3 Å². The van der Waals surface area contributed by atoms with E-state index in [1.807, 2.05) is 58.3 Å². The summed E-state index contributed by atoms with van der Waals surface area (Å²) in [6.45, 7) is 8.51. The fourth-order valence-electron chi connectivity index (χ4n) is 3.46. The monoisotopic (exact) mass is 407 g/mol. The summed E-state index contributed by atoms with van der Waals surface area (Å²) in [5.74, 6) is -1.08. The molecule has 1 N–H and O–H groups in total. The van der Waals surface area contributed by atoms with Crippen LogP contribution in [0.1, 0.15) is 25.8 Å². The van der Waals surface area contributed by atoms with E-state index in [4.69, 9.17) is 0 Å². The summed E-state index contributed by atoms with van der Waals surface area (Å²) in [5, 5.41) is 0. The number of urea groups is 1. The molecule has 2 rings (SSSR count). The molecule has 4 amide bonds. The van der Waals surface area contributed by atoms with Crippen LogP contribution >= 0.6 is 0 Å². The van der Waals surface area contributed by atoms with Crippen LogP contribution in [0.2, 0.25) is 0 Å². The Labute approximate surface area is 173 Å². The van der Waals surface area contributed by atoms with Crippen molar-refractivity contribution in [1.82, 2.24) is 9.80 Å². The molecule has 154 valence electrons. The number of nitrogens with one attached hydrogen (secondary N) is 1. The van der Waals surface area contributed by atoms with Crippen molar-refractivity contribution in [2.24, 2.45) is 11.3 Å². The van der Waals surface area contributed by atoms with Crippen LogP contribution < -0.4 is 17.3 Å². The maximum absolute atomic E-state index is 13.4. The molecule has 0 aromatic heterocycles. The zero-order valence-corrected chi connectivity index (χ0v) is 17.8. The topological polar surface area (TPSA) is 62.1 Å². The van der Waals surface area contributed by atoms with Crippen LogP contribution in [0.3, 0.4) is 0 Å². The molecule has 6 nitrogen and oxygen atoms in total. The molecule has 0 saturated carbocycles. The lowest BCUT2D eigenvalue weighted by Crippen LogP contribution is -3.06. The van der Waals surface area contributed by atoms with Gasteiger partial charge in [-0.25, -0.2) is 4.79 Å². The number of quaternary nitrogens is 1. The van der Waals surface area contributed by atoms with Gasteiger partial charge in [-0.1, -0.05) is 50.3 Å². The molecular formula is C21H30ClN3O3. The Kier molecular flexibility index (Phi) is 8.39. The predicted octanol–water partition coefficient (Wildman–Crippen LogP) is -1.66. The number of imide groups is 2. The van der Waals surface area contributed by atoms with Gasteiger partial charge in [0.1, 0.15) is 5.41 Å². The summed E-state index contributed by atoms with van der Waals surface area (Å²) in [6, 6.07) is 8.83. The number of hydrogen-bond acceptors (Lipinski definition) is 3. The van der Waals surface area contributed by atoms with Crippen LogP contribution in [0.25, 0.3) is 0 Å². The van der Waals surface area contributed by atoms with Gasteiger partial charge >= 0.3 is 6.03 Å². The highest BCUT2D eigenvalue weighted by atomic mass is 35.5. The summed E-state index contributed by atoms with van der Waals surface area (Å²) >= 11 is 0. The Morgan fingerprint density at radius 1 is 1.07 bits per heavy atom. The number of halogens is 1. The first-order valence-corrected chi connectivity index (χ1v) is 9.37. The third-order valence-corrected chi connectivity index (χ3v) is 5.19. The number of nitrogens with zero attached hydrogens (tertiary/aromatic N) is 2. The van der Waals surface area contributed by atoms with Crippen LogP contribution in [-0.4, -0.2) is 54.8 Å². The number of likely N-dealkylation sites (N-methyl/N-ethyl adjacent to an activating group) is 1. The summed E-state index contributed by atoms with van der Waals surface area (Å²) < 4.78 is 0. The first-order chi connectivity index (χ1) is 12.8. The normalized spacial score (nSPS) is 20.0. The van der Waals surface area contributed by atoms with Gasteiger partial charge in [0.15, 0.2) is 0 Å². The first-order valence-electron chi connectivity index (χ1n) is 9.37. The minimum Gasteiger partial charge on any atom is -1.00 e. The SMILES string of the molecule is C=CCC1(C(C)C)C(=O)N(CC[NH+](C)C)C(=O)N(Cc2ccccc2)C1=O.[Cl-]. The minimum atomic E-state index is -1.29. The van der Waals surface area contributed by atoms with Crippen molar-refractivity contribution >= 4 is 17.8 Å². The molecule has 7 heteroatoms. The molecular weight excluding hydrogens is 378 g/mol. The Balaban J connectivity index is 0.00000392. The number of amides is 4. The fourth-order valence-corrected chi connectivity index (χ4v) is 3.46. The predicted molar refractivity (Wildman–Crippen MR) is 104 cm³/mol. The van der Waals surface area contributed by atoms with Gasteiger partial charge in [0.05, 0.1) is 33.7 Å². The second-order valence-corrected chi connectivity index (χ2v) is 7.69. The van der Waals surface area contributed by atoms with E-state index in [9.17, 15) is 14.4 Å². The van der Waals surface area contributed by atoms with Gasteiger partial charge in [0, 0.05) is 0 Å². The maximum atomic E-state index is 13.4. The van der Waals surface area contributed by atoms with Gasteiger partial charge in [-0.2, -0.15) is 0 Å². The zero-order chi connectivity index (χ0) is 20.2. The third-order valence-electron chi connectivity index (χ3n) is 5.19. The zero-order valence-electron chi connectivity index (χ0n) is 17.1. The van der Waals surface area contributed by atoms with E-state index >= 15 is 0 Å². The van der Waals surface area contributed by atoms with Gasteiger partial charge in [0.25, 0.3) is 0 Å². The first kappa shape index (κ1) is 23.9. The molecule has 1 heterocycles. The van der Waals surface area contributed by atoms with E-state index < -0.39 is 23.3 Å². The molecule has 1 aromatic rings. The third kappa shape index (κ3) is 4.45. The van der Waals surface area contributed by atoms with Crippen molar-refractivity contribution in [3.8, 4) is 0 Å². The molecule has 1 fully saturated rings. The number of carbonyl (C=O) groups excluding carboxylic acids is 3. The number of rotatable bonds is 8. The average molecular weight is 408 g/mol. The minimum absolute atomic E-state index is 0. The van der Waals surface area contributed by atoms with Crippen LogP contribution in [-0.2, 0) is 16.1 Å². The van der Waals surface area contributed by atoms with Crippen LogP contribution in [0.4, 0.5) is 4.79 Å². The Bertz CT molecular complexity index is 721. The van der Waals surface area contributed by atoms with E-state index in [0.29, 0.717) is 6.54 Å². The molecule has 1 saturated heterocycles. The fraction of sp³-hybridized carbons (Fsp3) is 0.476. The lowest BCUT2D eigenvalue weighted by Gasteiger charge is -2.45. The molecule has 0 aliphatic carbocycles. The molecule has 1 aliphatic heterocycles. The standard InChI is InChI=1S/C21H29N3O3.ClH/c1-6-12-21(16(2)3)18(25)23(14-13-22(4)5)20(27)24(19(21)26)15-17-10-8-7-9-11-17;/h6-11,16H,1,12-15H2,2-5H3;1H. The summed E-state index contributed by atoms with van der Waals surface area (Å²) in [7, 11) is 3.93. The molecule has 1 atom stereocenters. The maximum Gasteiger partial charge on any atom is 0.333 e. The van der Waals surface area contributed by atoms with Gasteiger partial charge in [-0.3, -0.25) is 19.4 Å². The van der Waals surface area contributed by atoms with Crippen molar-refractivity contribution in [3.63, 3.8) is 0 Å². The number of barbiturate groups is 1. The Morgan fingerprint density at radius 2 is 1.64 bits per heavy atom. The van der Waals surface area contributed by atoms with Crippen molar-refractivity contribution in [2.45, 2.75) is 26.8 Å². The highest BCUT2D eigenvalue weighted by Gasteiger charge is 2.58. The highest BCUT2D eigenvalue weighted by molar-refractivity contribution is 6.19. The van der Waals surface area contributed by atoms with Gasteiger partial charge in [0.2, 0.25) is 11.8 Å². The number of carbonyl (C=O) groups is 3. The van der Waals surface area contributed by atoms with Crippen LogP contribution in [0.15, 0.2) is 43.0 Å². The lowest BCUT2D eigenvalue weighted by atomic mass is 9.70. The van der Waals surface area contributed by atoms with Crippen molar-refractivity contribution in [1.29, 1.82) is 0 Å². The van der Waals surface area contributed by atoms with Crippen molar-refractivity contribution in [3.05, 3.63) is 48.6 Å². The molecule has 0 radical (unpaired) electrons. The summed E-state index contributed by atoms with van der Waals surface area (Å²) in [6.07, 6.45) is 1.81. The molecule has 0 bridgehead atoms. The van der Waals surface area contributed by atoms with Crippen molar-refractivity contribution in [2.75, 3.05) is 27.2 Å². The number of hydrogen-bond donors (Lipinski definition) is 1. The van der Waals surface area contributed by atoms with E-state index in [1.54, 1.807) is 6.08 Å². The Morgan fingerprint density at radius 3 is 2.14 bits per heavy atom. The van der Waals surface area contributed by atoms with E-state index in [0.717, 1.165) is 10.5 Å². The summed E-state index contributed by atoms with van der Waals surface area (Å²) in [5.41, 5.74) is -0.436. The highest BCUT2D eigenvalue weighted by Crippen LogP contribution is 2.40. The van der Waals surface area contributed by atoms with E-state index in [1.165, 1.54) is 9.80 Å².